The van der Waals surface area contributed by atoms with Crippen molar-refractivity contribution in [2.75, 3.05) is 26.2 Å². The quantitative estimate of drug-likeness (QED) is 0.820. The molecule has 0 amide bonds. The fourth-order valence-corrected chi connectivity index (χ4v) is 3.01. The molecule has 0 saturated carbocycles. The summed E-state index contributed by atoms with van der Waals surface area (Å²) in [4.78, 5) is 0. The first kappa shape index (κ1) is 16.5. The molecule has 0 aliphatic heterocycles. The minimum atomic E-state index is -0.789. The zero-order valence-electron chi connectivity index (χ0n) is 11.7. The molecule has 0 spiro atoms. The van der Waals surface area contributed by atoms with E-state index in [4.69, 9.17) is 9.47 Å². The van der Waals surface area contributed by atoms with Crippen molar-refractivity contribution in [3.63, 3.8) is 0 Å². The molecule has 0 fully saturated rings. The Bertz CT molecular complexity index is 454. The van der Waals surface area contributed by atoms with E-state index in [9.17, 15) is 4.21 Å². The number of ether oxygens (including phenoxy) is 2. The lowest BCUT2D eigenvalue weighted by atomic mass is 10.2. The molecular formula is C13H20BrNO3S. The number of methoxy groups -OCH3 is 2. The summed E-state index contributed by atoms with van der Waals surface area (Å²) >= 11 is 3.52. The number of benzene rings is 1. The van der Waals surface area contributed by atoms with Gasteiger partial charge in [0.2, 0.25) is 0 Å². The highest BCUT2D eigenvalue weighted by Crippen LogP contribution is 2.33. The first-order chi connectivity index (χ1) is 8.97. The highest BCUT2D eigenvalue weighted by atomic mass is 79.9. The lowest BCUT2D eigenvalue weighted by molar-refractivity contribution is 0.354. The van der Waals surface area contributed by atoms with Crippen LogP contribution in [0.15, 0.2) is 16.6 Å². The summed E-state index contributed by atoms with van der Waals surface area (Å²) in [5.41, 5.74) is 1.08. The summed E-state index contributed by atoms with van der Waals surface area (Å²) in [5, 5.41) is 3.34. The number of rotatable bonds is 7. The van der Waals surface area contributed by atoms with Crippen molar-refractivity contribution in [3.05, 3.63) is 22.2 Å². The Hall–Kier alpha value is -0.590. The fourth-order valence-electron chi connectivity index (χ4n) is 1.73. The summed E-state index contributed by atoms with van der Waals surface area (Å²) < 4.78 is 22.6. The number of hydrogen-bond acceptors (Lipinski definition) is 4. The molecule has 6 heteroatoms. The van der Waals surface area contributed by atoms with Gasteiger partial charge in [-0.3, -0.25) is 4.21 Å². The van der Waals surface area contributed by atoms with Crippen LogP contribution in [0.2, 0.25) is 0 Å². The predicted octanol–water partition coefficient (Wildman–Crippen LogP) is 2.32. The van der Waals surface area contributed by atoms with Gasteiger partial charge in [-0.15, -0.1) is 0 Å². The molecule has 0 saturated heterocycles. The van der Waals surface area contributed by atoms with E-state index in [1.807, 2.05) is 19.1 Å². The van der Waals surface area contributed by atoms with Crippen molar-refractivity contribution in [3.8, 4) is 11.5 Å². The number of nitrogens with one attached hydrogen (secondary N) is 1. The third-order valence-electron chi connectivity index (χ3n) is 2.68. The standard InChI is InChI=1S/C13H20BrNO3S/c1-9(8-19(4)16)15-7-10-5-12(17-2)13(18-3)6-11(10)14/h5-6,9,15H,7-8H2,1-4H3. The molecule has 1 aromatic rings. The topological polar surface area (TPSA) is 47.6 Å². The van der Waals surface area contributed by atoms with Crippen molar-refractivity contribution >= 4 is 26.7 Å². The molecule has 2 unspecified atom stereocenters. The van der Waals surface area contributed by atoms with E-state index in [0.717, 1.165) is 10.0 Å². The molecule has 1 N–H and O–H groups in total. The summed E-state index contributed by atoms with van der Waals surface area (Å²) in [7, 11) is 2.44. The monoisotopic (exact) mass is 349 g/mol. The van der Waals surface area contributed by atoms with Gasteiger partial charge in [-0.25, -0.2) is 0 Å². The van der Waals surface area contributed by atoms with Gasteiger partial charge >= 0.3 is 0 Å². The van der Waals surface area contributed by atoms with Crippen molar-refractivity contribution < 1.29 is 13.7 Å². The fraction of sp³-hybridized carbons (Fsp3) is 0.538. The number of hydrogen-bond donors (Lipinski definition) is 1. The van der Waals surface area contributed by atoms with Crippen LogP contribution in [0.1, 0.15) is 12.5 Å². The molecule has 108 valence electrons. The molecule has 0 aliphatic rings. The van der Waals surface area contributed by atoms with E-state index >= 15 is 0 Å². The minimum Gasteiger partial charge on any atom is -0.493 e. The van der Waals surface area contributed by atoms with Crippen molar-refractivity contribution in [1.29, 1.82) is 0 Å². The molecule has 1 rings (SSSR count). The Morgan fingerprint density at radius 2 is 1.89 bits per heavy atom. The minimum absolute atomic E-state index is 0.200. The molecule has 0 bridgehead atoms. The maximum absolute atomic E-state index is 11.1. The Morgan fingerprint density at radius 1 is 1.32 bits per heavy atom. The molecule has 4 nitrogen and oxygen atoms in total. The molecule has 19 heavy (non-hydrogen) atoms. The van der Waals surface area contributed by atoms with Crippen LogP contribution in [0.5, 0.6) is 11.5 Å². The molecule has 1 aromatic carbocycles. The van der Waals surface area contributed by atoms with Gasteiger partial charge in [0.15, 0.2) is 11.5 Å². The summed E-state index contributed by atoms with van der Waals surface area (Å²) in [5.74, 6) is 2.04. The van der Waals surface area contributed by atoms with Gasteiger partial charge in [0, 0.05) is 39.9 Å². The van der Waals surface area contributed by atoms with Gasteiger partial charge in [-0.1, -0.05) is 15.9 Å². The Kier molecular flexibility index (Phi) is 6.82. The van der Waals surface area contributed by atoms with Crippen LogP contribution >= 0.6 is 15.9 Å². The van der Waals surface area contributed by atoms with E-state index in [1.54, 1.807) is 20.5 Å². The van der Waals surface area contributed by atoms with Gasteiger partial charge in [0.1, 0.15) is 0 Å². The van der Waals surface area contributed by atoms with Gasteiger partial charge < -0.3 is 14.8 Å². The lowest BCUT2D eigenvalue weighted by Gasteiger charge is -2.15. The first-order valence-electron chi connectivity index (χ1n) is 5.91. The molecule has 2 atom stereocenters. The average Bonchev–Trinajstić information content (AvgIpc) is 2.36. The summed E-state index contributed by atoms with van der Waals surface area (Å²) in [6.45, 7) is 2.70. The highest BCUT2D eigenvalue weighted by Gasteiger charge is 2.11. The van der Waals surface area contributed by atoms with Crippen LogP contribution in [-0.2, 0) is 17.3 Å². The maximum atomic E-state index is 11.1. The highest BCUT2D eigenvalue weighted by molar-refractivity contribution is 9.10. The van der Waals surface area contributed by atoms with Crippen LogP contribution in [-0.4, -0.2) is 36.5 Å². The Balaban J connectivity index is 2.75. The van der Waals surface area contributed by atoms with Crippen LogP contribution in [0.3, 0.4) is 0 Å². The van der Waals surface area contributed by atoms with Crippen LogP contribution in [0.25, 0.3) is 0 Å². The average molecular weight is 350 g/mol. The van der Waals surface area contributed by atoms with Gasteiger partial charge in [0.25, 0.3) is 0 Å². The Labute approximate surface area is 125 Å². The largest absolute Gasteiger partial charge is 0.493 e. The molecule has 0 aliphatic carbocycles. The van der Waals surface area contributed by atoms with Gasteiger partial charge in [0.05, 0.1) is 14.2 Å². The van der Waals surface area contributed by atoms with Crippen molar-refractivity contribution in [2.45, 2.75) is 19.5 Å². The van der Waals surface area contributed by atoms with Gasteiger partial charge in [-0.05, 0) is 24.6 Å². The SMILES string of the molecule is COc1cc(Br)c(CNC(C)CS(C)=O)cc1OC. The predicted molar refractivity (Wildman–Crippen MR) is 82.5 cm³/mol. The molecular weight excluding hydrogens is 330 g/mol. The van der Waals surface area contributed by atoms with Crippen molar-refractivity contribution in [1.82, 2.24) is 5.32 Å². The van der Waals surface area contributed by atoms with Crippen molar-refractivity contribution in [2.24, 2.45) is 0 Å². The maximum Gasteiger partial charge on any atom is 0.161 e. The van der Waals surface area contributed by atoms with E-state index in [-0.39, 0.29) is 6.04 Å². The molecule has 0 aromatic heterocycles. The smallest absolute Gasteiger partial charge is 0.161 e. The van der Waals surface area contributed by atoms with E-state index in [2.05, 4.69) is 21.2 Å². The zero-order chi connectivity index (χ0) is 14.4. The van der Waals surface area contributed by atoms with Crippen LogP contribution in [0, 0.1) is 0 Å². The summed E-state index contributed by atoms with van der Waals surface area (Å²) in [6, 6.07) is 4.02. The zero-order valence-corrected chi connectivity index (χ0v) is 14.1. The van der Waals surface area contributed by atoms with Gasteiger partial charge in [-0.2, -0.15) is 0 Å². The number of halogens is 1. The second-order valence-corrected chi connectivity index (χ2v) is 6.65. The normalized spacial score (nSPS) is 13.9. The third-order valence-corrected chi connectivity index (χ3v) is 4.39. The van der Waals surface area contributed by atoms with E-state index in [1.165, 1.54) is 0 Å². The first-order valence-corrected chi connectivity index (χ1v) is 8.43. The summed E-state index contributed by atoms with van der Waals surface area (Å²) in [6.07, 6.45) is 1.71. The lowest BCUT2D eigenvalue weighted by Crippen LogP contribution is -2.30. The van der Waals surface area contributed by atoms with E-state index in [0.29, 0.717) is 23.8 Å². The Morgan fingerprint density at radius 3 is 2.42 bits per heavy atom. The second kappa shape index (κ2) is 7.87. The van der Waals surface area contributed by atoms with Crippen LogP contribution in [0.4, 0.5) is 0 Å². The molecule has 0 heterocycles. The second-order valence-electron chi connectivity index (χ2n) is 4.32. The third kappa shape index (κ3) is 5.12. The van der Waals surface area contributed by atoms with E-state index < -0.39 is 10.8 Å². The molecule has 0 radical (unpaired) electrons. The van der Waals surface area contributed by atoms with Crippen LogP contribution < -0.4 is 14.8 Å².